The fourth-order valence-corrected chi connectivity index (χ4v) is 6.80. The summed E-state index contributed by atoms with van der Waals surface area (Å²) in [6.45, 7) is 3.17. The van der Waals surface area contributed by atoms with E-state index in [-0.39, 0.29) is 23.9 Å². The monoisotopic (exact) mass is 418 g/mol. The molecule has 1 aromatic heterocycles. The summed E-state index contributed by atoms with van der Waals surface area (Å²) in [7, 11) is 0. The Balaban J connectivity index is 1.29. The third-order valence-corrected chi connectivity index (χ3v) is 8.07. The number of carbonyl (C=O) groups is 1. The van der Waals surface area contributed by atoms with Crippen molar-refractivity contribution in [2.45, 2.75) is 57.0 Å². The molecule has 31 heavy (non-hydrogen) atoms. The number of nitrogens with zero attached hydrogens (tertiary/aromatic N) is 3. The van der Waals surface area contributed by atoms with E-state index in [1.807, 2.05) is 18.2 Å². The lowest BCUT2D eigenvalue weighted by Crippen LogP contribution is -2.60. The second-order valence-electron chi connectivity index (χ2n) is 9.82. The van der Waals surface area contributed by atoms with Crippen LogP contribution < -0.4 is 5.56 Å². The van der Waals surface area contributed by atoms with Crippen molar-refractivity contribution in [3.63, 3.8) is 0 Å². The molecule has 0 radical (unpaired) electrons. The number of H-pyrrole nitrogens is 1. The Morgan fingerprint density at radius 1 is 1.13 bits per heavy atom. The highest BCUT2D eigenvalue weighted by atomic mass is 16.2. The van der Waals surface area contributed by atoms with Crippen LogP contribution in [0.4, 0.5) is 0 Å². The maximum Gasteiger partial charge on any atom is 0.272 e. The van der Waals surface area contributed by atoms with Crippen LogP contribution in [0, 0.1) is 11.8 Å². The molecule has 2 aromatic rings. The van der Waals surface area contributed by atoms with E-state index in [1.54, 1.807) is 6.07 Å². The van der Waals surface area contributed by atoms with Crippen molar-refractivity contribution < 1.29 is 4.79 Å². The molecule has 162 valence electrons. The molecule has 4 aliphatic rings. The summed E-state index contributed by atoms with van der Waals surface area (Å²) in [4.78, 5) is 30.5. The molecule has 4 heterocycles. The molecule has 6 rings (SSSR count). The molecule has 3 aliphatic heterocycles. The van der Waals surface area contributed by atoms with E-state index < -0.39 is 0 Å². The number of rotatable bonds is 2. The zero-order chi connectivity index (χ0) is 20.9. The lowest BCUT2D eigenvalue weighted by Gasteiger charge is -2.54. The van der Waals surface area contributed by atoms with E-state index in [1.165, 1.54) is 37.8 Å². The SMILES string of the molecule is O=C(Cc1n[nH]c(=O)c2ccccc12)N1CCCC2=C[C@H]3C[C@@H](CN4CCCC[C@H]34)[C@@H]21. The molecule has 2 bridgehead atoms. The van der Waals surface area contributed by atoms with Gasteiger partial charge in [0.1, 0.15) is 0 Å². The molecule has 0 unspecified atom stereocenters. The van der Waals surface area contributed by atoms with Crippen LogP contribution in [-0.2, 0) is 11.2 Å². The quantitative estimate of drug-likeness (QED) is 0.762. The molecule has 1 aliphatic carbocycles. The van der Waals surface area contributed by atoms with Crippen LogP contribution in [0.2, 0.25) is 0 Å². The molecular formula is C25H30N4O2. The van der Waals surface area contributed by atoms with Crippen LogP contribution in [-0.4, -0.2) is 57.6 Å². The molecule has 1 aromatic carbocycles. The predicted octanol–water partition coefficient (Wildman–Crippen LogP) is 2.89. The molecular weight excluding hydrogens is 388 g/mol. The topological polar surface area (TPSA) is 69.3 Å². The highest BCUT2D eigenvalue weighted by molar-refractivity contribution is 5.88. The number of nitrogens with one attached hydrogen (secondary N) is 1. The first kappa shape index (κ1) is 19.2. The third kappa shape index (κ3) is 3.23. The Labute approximate surface area is 182 Å². The molecule has 0 spiro atoms. The summed E-state index contributed by atoms with van der Waals surface area (Å²) in [5.41, 5.74) is 1.97. The van der Waals surface area contributed by atoms with Crippen molar-refractivity contribution in [3.8, 4) is 0 Å². The fourth-order valence-electron chi connectivity index (χ4n) is 6.80. The van der Waals surface area contributed by atoms with Gasteiger partial charge in [0.05, 0.1) is 23.5 Å². The van der Waals surface area contributed by atoms with Gasteiger partial charge in [-0.3, -0.25) is 14.5 Å². The summed E-state index contributed by atoms with van der Waals surface area (Å²) in [6, 6.07) is 8.40. The molecule has 0 saturated carbocycles. The van der Waals surface area contributed by atoms with Crippen molar-refractivity contribution in [3.05, 3.63) is 52.0 Å². The third-order valence-electron chi connectivity index (χ3n) is 8.07. The maximum atomic E-state index is 13.5. The second kappa shape index (κ2) is 7.59. The first-order valence-electron chi connectivity index (χ1n) is 11.9. The van der Waals surface area contributed by atoms with Gasteiger partial charge in [0.2, 0.25) is 5.91 Å². The summed E-state index contributed by atoms with van der Waals surface area (Å²) < 4.78 is 0. The van der Waals surface area contributed by atoms with Crippen molar-refractivity contribution in [2.75, 3.05) is 19.6 Å². The molecule has 3 fully saturated rings. The number of hydrogen-bond acceptors (Lipinski definition) is 4. The number of aromatic nitrogens is 2. The summed E-state index contributed by atoms with van der Waals surface area (Å²) in [5.74, 6) is 1.36. The van der Waals surface area contributed by atoms with Crippen molar-refractivity contribution in [1.29, 1.82) is 0 Å². The standard InChI is InChI=1S/C25H30N4O2/c30-23(14-21-19-7-1-2-8-20(19)25(31)27-26-21)29-11-5-6-16-12-17-13-18(24(16)29)15-28-10-4-3-9-22(17)28/h1-2,7-8,12,17-18,22,24H,3-6,9-11,13-15H2,(H,27,31)/t17-,18-,22+,24+/m0/s1. The molecule has 6 heteroatoms. The number of piperidine rings is 3. The minimum atomic E-state index is -0.202. The highest BCUT2D eigenvalue weighted by Crippen LogP contribution is 2.45. The maximum absolute atomic E-state index is 13.5. The van der Waals surface area contributed by atoms with Crippen LogP contribution in [0.25, 0.3) is 10.8 Å². The zero-order valence-electron chi connectivity index (χ0n) is 17.9. The van der Waals surface area contributed by atoms with Gasteiger partial charge in [-0.2, -0.15) is 5.10 Å². The number of aromatic amines is 1. The van der Waals surface area contributed by atoms with E-state index >= 15 is 0 Å². The number of amides is 1. The number of hydrogen-bond donors (Lipinski definition) is 1. The highest BCUT2D eigenvalue weighted by Gasteiger charge is 2.46. The Morgan fingerprint density at radius 3 is 2.90 bits per heavy atom. The number of benzene rings is 1. The van der Waals surface area contributed by atoms with Gasteiger partial charge in [-0.05, 0) is 56.6 Å². The van der Waals surface area contributed by atoms with Gasteiger partial charge in [-0.1, -0.05) is 36.3 Å². The Hall–Kier alpha value is -2.47. The lowest BCUT2D eigenvalue weighted by molar-refractivity contribution is -0.135. The van der Waals surface area contributed by atoms with Gasteiger partial charge < -0.3 is 4.90 Å². The van der Waals surface area contributed by atoms with Gasteiger partial charge in [-0.15, -0.1) is 0 Å². The summed E-state index contributed by atoms with van der Waals surface area (Å²) in [6.07, 6.45) is 10.2. The Bertz CT molecular complexity index is 1110. The normalized spacial score (nSPS) is 30.5. The van der Waals surface area contributed by atoms with Crippen LogP contribution in [0.3, 0.4) is 0 Å². The van der Waals surface area contributed by atoms with Gasteiger partial charge in [0.15, 0.2) is 0 Å². The van der Waals surface area contributed by atoms with E-state index in [0.29, 0.717) is 22.9 Å². The van der Waals surface area contributed by atoms with Crippen LogP contribution in [0.5, 0.6) is 0 Å². The second-order valence-corrected chi connectivity index (χ2v) is 9.82. The molecule has 6 nitrogen and oxygen atoms in total. The first-order chi connectivity index (χ1) is 15.2. The van der Waals surface area contributed by atoms with Gasteiger partial charge in [0, 0.05) is 24.5 Å². The average molecular weight is 419 g/mol. The average Bonchev–Trinajstić information content (AvgIpc) is 2.81. The lowest BCUT2D eigenvalue weighted by atomic mass is 9.68. The van der Waals surface area contributed by atoms with Gasteiger partial charge in [0.25, 0.3) is 5.56 Å². The smallest absolute Gasteiger partial charge is 0.272 e. The summed E-state index contributed by atoms with van der Waals surface area (Å²) in [5, 5.41) is 8.22. The number of likely N-dealkylation sites (tertiary alicyclic amines) is 1. The molecule has 3 saturated heterocycles. The minimum Gasteiger partial charge on any atom is -0.335 e. The van der Waals surface area contributed by atoms with Crippen LogP contribution in [0.15, 0.2) is 40.7 Å². The van der Waals surface area contributed by atoms with E-state index in [9.17, 15) is 9.59 Å². The van der Waals surface area contributed by atoms with E-state index in [2.05, 4.69) is 26.1 Å². The zero-order valence-corrected chi connectivity index (χ0v) is 17.9. The van der Waals surface area contributed by atoms with Crippen molar-refractivity contribution >= 4 is 16.7 Å². The van der Waals surface area contributed by atoms with Gasteiger partial charge >= 0.3 is 0 Å². The fraction of sp³-hybridized carbons (Fsp3) is 0.560. The number of fused-ring (bicyclic) bond motifs is 7. The largest absolute Gasteiger partial charge is 0.335 e. The molecule has 1 amide bonds. The Kier molecular flexibility index (Phi) is 4.71. The van der Waals surface area contributed by atoms with Crippen molar-refractivity contribution in [2.24, 2.45) is 11.8 Å². The van der Waals surface area contributed by atoms with Gasteiger partial charge in [-0.25, -0.2) is 5.10 Å². The van der Waals surface area contributed by atoms with E-state index in [4.69, 9.17) is 0 Å². The summed E-state index contributed by atoms with van der Waals surface area (Å²) >= 11 is 0. The molecule has 1 N–H and O–H groups in total. The van der Waals surface area contributed by atoms with E-state index in [0.717, 1.165) is 37.4 Å². The van der Waals surface area contributed by atoms with Crippen molar-refractivity contribution in [1.82, 2.24) is 20.0 Å². The van der Waals surface area contributed by atoms with Crippen LogP contribution >= 0.6 is 0 Å². The number of carbonyl (C=O) groups excluding carboxylic acids is 1. The molecule has 4 atom stereocenters. The van der Waals surface area contributed by atoms with Crippen LogP contribution in [0.1, 0.15) is 44.2 Å². The predicted molar refractivity (Wildman–Crippen MR) is 120 cm³/mol. The first-order valence-corrected chi connectivity index (χ1v) is 11.9. The Morgan fingerprint density at radius 2 is 2.00 bits per heavy atom. The minimum absolute atomic E-state index is 0.138.